The van der Waals surface area contributed by atoms with Gasteiger partial charge in [-0.25, -0.2) is 4.98 Å². The number of methoxy groups -OCH3 is 1. The molecular formula is C28H28N4O2. The van der Waals surface area contributed by atoms with Gasteiger partial charge in [0.1, 0.15) is 5.75 Å². The number of nitrogens with zero attached hydrogens (tertiary/aromatic N) is 4. The molecule has 0 N–H and O–H groups in total. The van der Waals surface area contributed by atoms with Crippen LogP contribution in [-0.4, -0.2) is 28.2 Å². The third-order valence-corrected chi connectivity index (χ3v) is 6.23. The maximum Gasteiger partial charge on any atom is 0.259 e. The summed E-state index contributed by atoms with van der Waals surface area (Å²) < 4.78 is 7.14. The van der Waals surface area contributed by atoms with Crippen molar-refractivity contribution in [2.75, 3.05) is 18.7 Å². The first-order chi connectivity index (χ1) is 16.6. The minimum atomic E-state index is 0.0163. The van der Waals surface area contributed by atoms with Crippen LogP contribution < -0.4 is 15.2 Å². The molecule has 1 aliphatic rings. The Morgan fingerprint density at radius 2 is 1.50 bits per heavy atom. The van der Waals surface area contributed by atoms with Crippen LogP contribution in [0.4, 0.5) is 11.6 Å². The van der Waals surface area contributed by atoms with E-state index in [-0.39, 0.29) is 5.56 Å². The fraction of sp³-hybridized carbons (Fsp3) is 0.214. The summed E-state index contributed by atoms with van der Waals surface area (Å²) in [5.41, 5.74) is 4.81. The van der Waals surface area contributed by atoms with Crippen molar-refractivity contribution in [3.63, 3.8) is 0 Å². The van der Waals surface area contributed by atoms with Crippen LogP contribution in [0.1, 0.15) is 22.4 Å². The molecule has 5 rings (SSSR count). The molecule has 3 aromatic carbocycles. The minimum Gasteiger partial charge on any atom is -0.497 e. The van der Waals surface area contributed by atoms with Crippen molar-refractivity contribution in [1.82, 2.24) is 14.5 Å². The Balaban J connectivity index is 1.57. The highest BCUT2D eigenvalue weighted by molar-refractivity contribution is 5.59. The first kappa shape index (κ1) is 21.9. The van der Waals surface area contributed by atoms with Crippen molar-refractivity contribution < 1.29 is 4.74 Å². The van der Waals surface area contributed by atoms with Gasteiger partial charge in [0.25, 0.3) is 5.56 Å². The van der Waals surface area contributed by atoms with Crippen molar-refractivity contribution in [3.05, 3.63) is 118 Å². The molecule has 0 bridgehead atoms. The quantitative estimate of drug-likeness (QED) is 0.424. The van der Waals surface area contributed by atoms with E-state index in [1.807, 2.05) is 84.3 Å². The molecule has 0 amide bonds. The fourth-order valence-corrected chi connectivity index (χ4v) is 4.43. The molecule has 0 atom stereocenters. The molecule has 0 saturated carbocycles. The van der Waals surface area contributed by atoms with Crippen LogP contribution in [0.5, 0.6) is 5.75 Å². The first-order valence-electron chi connectivity index (χ1n) is 11.4. The highest BCUT2D eigenvalue weighted by Crippen LogP contribution is 2.30. The Kier molecular flexibility index (Phi) is 6.14. The highest BCUT2D eigenvalue weighted by atomic mass is 16.5. The predicted molar refractivity (Wildman–Crippen MR) is 134 cm³/mol. The van der Waals surface area contributed by atoms with Crippen LogP contribution in [0.2, 0.25) is 0 Å². The number of hydrogen-bond donors (Lipinski definition) is 0. The maximum absolute atomic E-state index is 13.8. The summed E-state index contributed by atoms with van der Waals surface area (Å²) >= 11 is 0. The average Bonchev–Trinajstić information content (AvgIpc) is 2.88. The Morgan fingerprint density at radius 1 is 0.853 bits per heavy atom. The minimum absolute atomic E-state index is 0.0163. The van der Waals surface area contributed by atoms with Crippen LogP contribution in [0.25, 0.3) is 0 Å². The van der Waals surface area contributed by atoms with E-state index >= 15 is 0 Å². The van der Waals surface area contributed by atoms with E-state index in [0.717, 1.165) is 34.8 Å². The number of ether oxygens (including phenoxy) is 1. The van der Waals surface area contributed by atoms with E-state index < -0.39 is 0 Å². The average molecular weight is 453 g/mol. The van der Waals surface area contributed by atoms with Crippen LogP contribution in [0, 0.1) is 6.92 Å². The summed E-state index contributed by atoms with van der Waals surface area (Å²) in [4.78, 5) is 23.1. The van der Waals surface area contributed by atoms with Gasteiger partial charge in [0.15, 0.2) is 0 Å². The molecule has 2 heterocycles. The lowest BCUT2D eigenvalue weighted by Gasteiger charge is -2.38. The molecular weight excluding hydrogens is 424 g/mol. The van der Waals surface area contributed by atoms with Gasteiger partial charge in [-0.3, -0.25) is 19.2 Å². The van der Waals surface area contributed by atoms with E-state index in [1.54, 1.807) is 7.11 Å². The lowest BCUT2D eigenvalue weighted by molar-refractivity contribution is 0.189. The molecule has 34 heavy (non-hydrogen) atoms. The van der Waals surface area contributed by atoms with Gasteiger partial charge >= 0.3 is 0 Å². The van der Waals surface area contributed by atoms with Crippen molar-refractivity contribution in [2.24, 2.45) is 0 Å². The van der Waals surface area contributed by atoms with Crippen LogP contribution in [0.3, 0.4) is 0 Å². The molecule has 0 aliphatic carbocycles. The second kappa shape index (κ2) is 9.53. The molecule has 0 unspecified atom stereocenters. The largest absolute Gasteiger partial charge is 0.497 e. The van der Waals surface area contributed by atoms with E-state index in [9.17, 15) is 4.79 Å². The van der Waals surface area contributed by atoms with E-state index in [0.29, 0.717) is 25.7 Å². The smallest absolute Gasteiger partial charge is 0.259 e. The van der Waals surface area contributed by atoms with Gasteiger partial charge in [-0.15, -0.1) is 0 Å². The lowest BCUT2D eigenvalue weighted by atomic mass is 10.1. The zero-order valence-corrected chi connectivity index (χ0v) is 19.5. The standard InChI is InChI=1S/C28H28N4O2/c1-21-26(17-22-9-5-3-6-10-22)27(33)32-20-30(18-23-11-7-4-8-12-23)19-31(28(32)29-21)24-13-15-25(34-2)16-14-24/h3-16H,17-20H2,1-2H3. The Hall–Kier alpha value is -3.90. The number of aryl methyl sites for hydroxylation is 1. The Morgan fingerprint density at radius 3 is 2.15 bits per heavy atom. The van der Waals surface area contributed by atoms with Gasteiger partial charge in [0.2, 0.25) is 5.95 Å². The normalized spacial score (nSPS) is 13.5. The van der Waals surface area contributed by atoms with Gasteiger partial charge in [-0.2, -0.15) is 0 Å². The summed E-state index contributed by atoms with van der Waals surface area (Å²) in [7, 11) is 1.66. The summed E-state index contributed by atoms with van der Waals surface area (Å²) in [5.74, 6) is 1.47. The lowest BCUT2D eigenvalue weighted by Crippen LogP contribution is -2.47. The van der Waals surface area contributed by atoms with Gasteiger partial charge in [0, 0.05) is 24.2 Å². The fourth-order valence-electron chi connectivity index (χ4n) is 4.43. The van der Waals surface area contributed by atoms with E-state index in [4.69, 9.17) is 9.72 Å². The summed E-state index contributed by atoms with van der Waals surface area (Å²) in [6.45, 7) is 3.79. The predicted octanol–water partition coefficient (Wildman–Crippen LogP) is 4.72. The molecule has 0 radical (unpaired) electrons. The van der Waals surface area contributed by atoms with Crippen molar-refractivity contribution >= 4 is 11.6 Å². The number of anilines is 2. The first-order valence-corrected chi connectivity index (χ1v) is 11.4. The van der Waals surface area contributed by atoms with Gasteiger partial charge in [-0.05, 0) is 42.3 Å². The monoisotopic (exact) mass is 452 g/mol. The molecule has 6 heteroatoms. The zero-order valence-electron chi connectivity index (χ0n) is 19.5. The van der Waals surface area contributed by atoms with Gasteiger partial charge in [-0.1, -0.05) is 60.7 Å². The Bertz CT molecular complexity index is 1320. The van der Waals surface area contributed by atoms with Crippen LogP contribution >= 0.6 is 0 Å². The number of aromatic nitrogens is 2. The third kappa shape index (κ3) is 4.45. The molecule has 172 valence electrons. The third-order valence-electron chi connectivity index (χ3n) is 6.23. The van der Waals surface area contributed by atoms with Crippen molar-refractivity contribution in [1.29, 1.82) is 0 Å². The molecule has 0 spiro atoms. The Labute approximate surface area is 199 Å². The molecule has 6 nitrogen and oxygen atoms in total. The number of rotatable bonds is 6. The molecule has 1 aromatic heterocycles. The second-order valence-electron chi connectivity index (χ2n) is 8.59. The molecule has 0 fully saturated rings. The maximum atomic E-state index is 13.8. The molecule has 1 aliphatic heterocycles. The number of hydrogen-bond acceptors (Lipinski definition) is 5. The van der Waals surface area contributed by atoms with Crippen LogP contribution in [0.15, 0.2) is 89.7 Å². The van der Waals surface area contributed by atoms with Gasteiger partial charge < -0.3 is 4.74 Å². The van der Waals surface area contributed by atoms with Crippen molar-refractivity contribution in [2.45, 2.75) is 26.6 Å². The molecule has 0 saturated heterocycles. The van der Waals surface area contributed by atoms with E-state index in [2.05, 4.69) is 21.9 Å². The number of fused-ring (bicyclic) bond motifs is 1. The van der Waals surface area contributed by atoms with Crippen LogP contribution in [-0.2, 0) is 19.6 Å². The van der Waals surface area contributed by atoms with E-state index in [1.165, 1.54) is 5.56 Å². The highest BCUT2D eigenvalue weighted by Gasteiger charge is 2.28. The second-order valence-corrected chi connectivity index (χ2v) is 8.59. The van der Waals surface area contributed by atoms with Crippen molar-refractivity contribution in [3.8, 4) is 5.75 Å². The molecule has 4 aromatic rings. The SMILES string of the molecule is COc1ccc(N2CN(Cc3ccccc3)Cn3c2nc(C)c(Cc2ccccc2)c3=O)cc1. The number of benzene rings is 3. The summed E-state index contributed by atoms with van der Waals surface area (Å²) in [5, 5.41) is 0. The zero-order chi connectivity index (χ0) is 23.5. The topological polar surface area (TPSA) is 50.6 Å². The van der Waals surface area contributed by atoms with Gasteiger partial charge in [0.05, 0.1) is 26.1 Å². The summed E-state index contributed by atoms with van der Waals surface area (Å²) in [6, 6.07) is 28.3. The summed E-state index contributed by atoms with van der Waals surface area (Å²) in [6.07, 6.45) is 0.569.